The van der Waals surface area contributed by atoms with Crippen molar-refractivity contribution in [2.24, 2.45) is 0 Å². The Balaban J connectivity index is 1.71. The van der Waals surface area contributed by atoms with Gasteiger partial charge in [0.25, 0.3) is 0 Å². The van der Waals surface area contributed by atoms with Gasteiger partial charge in [0.1, 0.15) is 0 Å². The van der Waals surface area contributed by atoms with Crippen LogP contribution in [0, 0.1) is 5.41 Å². The Bertz CT molecular complexity index is 1180. The molecule has 150 valence electrons. The first-order valence-corrected chi connectivity index (χ1v) is 10.7. The van der Waals surface area contributed by atoms with Crippen LogP contribution >= 0.6 is 11.3 Å². The zero-order chi connectivity index (χ0) is 21.1. The van der Waals surface area contributed by atoms with Crippen LogP contribution in [-0.2, 0) is 4.79 Å². The highest BCUT2D eigenvalue weighted by molar-refractivity contribution is 7.22. The topological polar surface area (TPSA) is 79.0 Å². The second-order valence-corrected chi connectivity index (χ2v) is 8.26. The molecule has 5 heteroatoms. The van der Waals surface area contributed by atoms with Gasteiger partial charge in [-0.25, -0.2) is 0 Å². The molecule has 1 atom stereocenters. The van der Waals surface area contributed by atoms with Crippen molar-refractivity contribution in [3.8, 4) is 10.4 Å². The van der Waals surface area contributed by atoms with Gasteiger partial charge in [0, 0.05) is 38.3 Å². The summed E-state index contributed by atoms with van der Waals surface area (Å²) in [5, 5.41) is 12.0. The van der Waals surface area contributed by atoms with Gasteiger partial charge in [0.05, 0.1) is 5.92 Å². The third-order valence-corrected chi connectivity index (χ3v) is 6.40. The van der Waals surface area contributed by atoms with Crippen molar-refractivity contribution >= 4 is 44.9 Å². The Morgan fingerprint density at radius 1 is 1.10 bits per heavy atom. The second-order valence-electron chi connectivity index (χ2n) is 7.18. The molecule has 0 saturated carbocycles. The molecule has 1 amide bonds. The number of hydrogen-bond donors (Lipinski definition) is 3. The van der Waals surface area contributed by atoms with Crippen molar-refractivity contribution in [2.45, 2.75) is 19.3 Å². The summed E-state index contributed by atoms with van der Waals surface area (Å²) in [6, 6.07) is 23.7. The monoisotopic (exact) mass is 413 g/mol. The first-order valence-electron chi connectivity index (χ1n) is 9.89. The highest BCUT2D eigenvalue weighted by Gasteiger charge is 2.20. The Kier molecular flexibility index (Phi) is 5.63. The molecular weight excluding hydrogens is 390 g/mol. The van der Waals surface area contributed by atoms with Gasteiger partial charge in [-0.3, -0.25) is 4.79 Å². The lowest BCUT2D eigenvalue weighted by Crippen LogP contribution is -2.21. The summed E-state index contributed by atoms with van der Waals surface area (Å²) in [5.74, 6) is -0.299. The Morgan fingerprint density at radius 3 is 2.53 bits per heavy atom. The molecule has 0 spiro atoms. The standard InChI is InChI=1S/C25H23N3OS/c1-2-20(16-8-4-3-5-9-16)25(29)28-19-12-18(15-26)24(27)21(14-19)23-13-17-10-6-7-11-22(17)30-23/h3-15,20,26H,2,27H2,1H3,(H,28,29)/t20-/m0/s1. The fourth-order valence-corrected chi connectivity index (χ4v) is 4.77. The van der Waals surface area contributed by atoms with Gasteiger partial charge in [-0.15, -0.1) is 11.3 Å². The van der Waals surface area contributed by atoms with E-state index in [1.54, 1.807) is 17.4 Å². The fraction of sp³-hybridized carbons (Fsp3) is 0.120. The number of carbonyl (C=O) groups is 1. The smallest absolute Gasteiger partial charge is 0.231 e. The lowest BCUT2D eigenvalue weighted by atomic mass is 9.95. The van der Waals surface area contributed by atoms with E-state index in [0.717, 1.165) is 21.4 Å². The third kappa shape index (κ3) is 3.84. The first-order chi connectivity index (χ1) is 14.6. The number of amides is 1. The number of nitrogens with two attached hydrogens (primary N) is 1. The van der Waals surface area contributed by atoms with Gasteiger partial charge in [-0.2, -0.15) is 0 Å². The van der Waals surface area contributed by atoms with Crippen molar-refractivity contribution in [3.63, 3.8) is 0 Å². The van der Waals surface area contributed by atoms with Crippen molar-refractivity contribution < 1.29 is 4.79 Å². The van der Waals surface area contributed by atoms with Crippen LogP contribution in [0.1, 0.15) is 30.4 Å². The maximum absolute atomic E-state index is 13.0. The normalized spacial score (nSPS) is 11.9. The number of hydrogen-bond acceptors (Lipinski definition) is 4. The van der Waals surface area contributed by atoms with Crippen molar-refractivity contribution in [1.29, 1.82) is 5.41 Å². The van der Waals surface area contributed by atoms with E-state index in [1.807, 2.05) is 55.5 Å². The highest BCUT2D eigenvalue weighted by atomic mass is 32.1. The molecule has 0 fully saturated rings. The van der Waals surface area contributed by atoms with E-state index in [2.05, 4.69) is 23.5 Å². The summed E-state index contributed by atoms with van der Waals surface area (Å²) < 4.78 is 1.17. The number of fused-ring (bicyclic) bond motifs is 1. The zero-order valence-electron chi connectivity index (χ0n) is 16.7. The zero-order valence-corrected chi connectivity index (χ0v) is 17.5. The molecule has 0 radical (unpaired) electrons. The Morgan fingerprint density at radius 2 is 1.83 bits per heavy atom. The summed E-state index contributed by atoms with van der Waals surface area (Å²) >= 11 is 1.65. The molecule has 4 N–H and O–H groups in total. The molecule has 4 aromatic rings. The average molecular weight is 414 g/mol. The Labute approximate surface area is 179 Å². The van der Waals surface area contributed by atoms with E-state index >= 15 is 0 Å². The molecule has 0 aliphatic carbocycles. The van der Waals surface area contributed by atoms with Crippen LogP contribution in [0.5, 0.6) is 0 Å². The molecule has 0 unspecified atom stereocenters. The quantitative estimate of drug-likeness (QED) is 0.257. The van der Waals surface area contributed by atoms with Crippen LogP contribution in [0.2, 0.25) is 0 Å². The Hall–Kier alpha value is -3.44. The molecule has 4 nitrogen and oxygen atoms in total. The second kappa shape index (κ2) is 8.51. The predicted molar refractivity (Wildman–Crippen MR) is 128 cm³/mol. The van der Waals surface area contributed by atoms with E-state index in [9.17, 15) is 4.79 Å². The van der Waals surface area contributed by atoms with Gasteiger partial charge in [-0.1, -0.05) is 55.5 Å². The third-order valence-electron chi connectivity index (χ3n) is 5.25. The molecule has 30 heavy (non-hydrogen) atoms. The summed E-state index contributed by atoms with van der Waals surface area (Å²) in [5.41, 5.74) is 9.98. The summed E-state index contributed by atoms with van der Waals surface area (Å²) in [4.78, 5) is 14.0. The van der Waals surface area contributed by atoms with Crippen LogP contribution in [-0.4, -0.2) is 12.1 Å². The van der Waals surface area contributed by atoms with Gasteiger partial charge >= 0.3 is 0 Å². The minimum absolute atomic E-state index is 0.0632. The number of nitrogen functional groups attached to an aromatic ring is 1. The lowest BCUT2D eigenvalue weighted by molar-refractivity contribution is -0.117. The van der Waals surface area contributed by atoms with Crippen LogP contribution in [0.3, 0.4) is 0 Å². The number of thiophene rings is 1. The van der Waals surface area contributed by atoms with Gasteiger partial charge in [0.15, 0.2) is 0 Å². The van der Waals surface area contributed by atoms with Crippen LogP contribution in [0.15, 0.2) is 72.8 Å². The predicted octanol–water partition coefficient (Wildman–Crippen LogP) is 6.28. The number of rotatable bonds is 6. The van der Waals surface area contributed by atoms with Gasteiger partial charge in [0.2, 0.25) is 5.91 Å². The van der Waals surface area contributed by atoms with Gasteiger partial charge < -0.3 is 16.5 Å². The maximum Gasteiger partial charge on any atom is 0.231 e. The van der Waals surface area contributed by atoms with Crippen molar-refractivity contribution in [2.75, 3.05) is 11.1 Å². The van der Waals surface area contributed by atoms with E-state index in [0.29, 0.717) is 23.4 Å². The molecule has 0 aliphatic rings. The molecule has 1 heterocycles. The number of nitrogens with one attached hydrogen (secondary N) is 2. The summed E-state index contributed by atoms with van der Waals surface area (Å²) in [6.07, 6.45) is 1.93. The molecule has 0 saturated heterocycles. The van der Waals surface area contributed by atoms with E-state index in [4.69, 9.17) is 11.1 Å². The minimum Gasteiger partial charge on any atom is -0.398 e. The molecule has 0 aliphatic heterocycles. The SMILES string of the molecule is CC[C@H](C(=O)Nc1cc(C=N)c(N)c(-c2cc3ccccc3s2)c1)c1ccccc1. The number of benzene rings is 3. The van der Waals surface area contributed by atoms with E-state index in [1.165, 1.54) is 10.9 Å². The average Bonchev–Trinajstić information content (AvgIpc) is 3.20. The van der Waals surface area contributed by atoms with Crippen molar-refractivity contribution in [1.82, 2.24) is 0 Å². The molecule has 4 rings (SSSR count). The molecular formula is C25H23N3OS. The van der Waals surface area contributed by atoms with Crippen LogP contribution < -0.4 is 11.1 Å². The fourth-order valence-electron chi connectivity index (χ4n) is 3.67. The first kappa shape index (κ1) is 19.9. The van der Waals surface area contributed by atoms with Gasteiger partial charge in [-0.05, 0) is 41.6 Å². The summed E-state index contributed by atoms with van der Waals surface area (Å²) in [7, 11) is 0. The van der Waals surface area contributed by atoms with E-state index < -0.39 is 0 Å². The maximum atomic E-state index is 13.0. The summed E-state index contributed by atoms with van der Waals surface area (Å²) in [6.45, 7) is 2.01. The lowest BCUT2D eigenvalue weighted by Gasteiger charge is -2.17. The minimum atomic E-state index is -0.236. The number of anilines is 2. The molecule has 0 bridgehead atoms. The van der Waals surface area contributed by atoms with Crippen molar-refractivity contribution in [3.05, 3.63) is 83.9 Å². The van der Waals surface area contributed by atoms with Crippen LogP contribution in [0.25, 0.3) is 20.5 Å². The molecule has 3 aromatic carbocycles. The largest absolute Gasteiger partial charge is 0.398 e. The molecule has 1 aromatic heterocycles. The van der Waals surface area contributed by atoms with Crippen LogP contribution in [0.4, 0.5) is 11.4 Å². The number of carbonyl (C=O) groups excluding carboxylic acids is 1. The highest BCUT2D eigenvalue weighted by Crippen LogP contribution is 2.39. The van der Waals surface area contributed by atoms with E-state index in [-0.39, 0.29) is 11.8 Å².